The summed E-state index contributed by atoms with van der Waals surface area (Å²) in [6.07, 6.45) is -1.16. The lowest BCUT2D eigenvalue weighted by molar-refractivity contribution is -0.148. The van der Waals surface area contributed by atoms with Crippen LogP contribution in [0.25, 0.3) is 10.2 Å². The van der Waals surface area contributed by atoms with Gasteiger partial charge < -0.3 is 14.6 Å². The molecule has 1 N–H and O–H groups in total. The third-order valence-electron chi connectivity index (χ3n) is 4.49. The van der Waals surface area contributed by atoms with Crippen LogP contribution in [0.1, 0.15) is 29.0 Å². The molecule has 0 aliphatic heterocycles. The van der Waals surface area contributed by atoms with Gasteiger partial charge >= 0.3 is 12.1 Å². The molecule has 152 valence electrons. The molecule has 0 fully saturated rings. The smallest absolute Gasteiger partial charge is 0.409 e. The van der Waals surface area contributed by atoms with Crippen molar-refractivity contribution in [1.29, 1.82) is 0 Å². The number of esters is 1. The number of aromatic nitrogens is 1. The Morgan fingerprint density at radius 1 is 1.24 bits per heavy atom. The van der Waals surface area contributed by atoms with Crippen molar-refractivity contribution in [3.8, 4) is 5.75 Å². The highest BCUT2D eigenvalue weighted by atomic mass is 32.1. The third-order valence-corrected chi connectivity index (χ3v) is 5.50. The van der Waals surface area contributed by atoms with E-state index in [1.54, 1.807) is 18.3 Å². The third kappa shape index (κ3) is 5.03. The fourth-order valence-corrected chi connectivity index (χ4v) is 3.70. The first kappa shape index (κ1) is 20.6. The van der Waals surface area contributed by atoms with Gasteiger partial charge in [0.15, 0.2) is 6.73 Å². The Morgan fingerprint density at radius 2 is 2.00 bits per heavy atom. The zero-order chi connectivity index (χ0) is 21.0. The molecule has 1 amide bonds. The van der Waals surface area contributed by atoms with Crippen molar-refractivity contribution in [2.75, 3.05) is 13.8 Å². The number of thiazole rings is 1. The van der Waals surface area contributed by atoms with Crippen molar-refractivity contribution in [1.82, 2.24) is 9.88 Å². The number of ether oxygens (including phenoxy) is 2. The van der Waals surface area contributed by atoms with Crippen molar-refractivity contribution < 1.29 is 24.2 Å². The first-order valence-electron chi connectivity index (χ1n) is 9.03. The van der Waals surface area contributed by atoms with Gasteiger partial charge in [0.2, 0.25) is 0 Å². The fourth-order valence-electron chi connectivity index (χ4n) is 2.82. The molecule has 7 nitrogen and oxygen atoms in total. The molecule has 0 radical (unpaired) electrons. The van der Waals surface area contributed by atoms with Crippen molar-refractivity contribution in [3.63, 3.8) is 0 Å². The lowest BCUT2D eigenvalue weighted by Crippen LogP contribution is -2.30. The summed E-state index contributed by atoms with van der Waals surface area (Å²) in [5.41, 5.74) is 2.66. The fraction of sp³-hybridized carbons (Fsp3) is 0.286. The largest absolute Gasteiger partial charge is 0.486 e. The highest BCUT2D eigenvalue weighted by Crippen LogP contribution is 2.27. The number of carboxylic acid groups (broad SMARTS) is 1. The standard InChI is InChI=1S/C21H22N2O5S/c1-13-10-15(27-11-19-22-17-6-4-5-7-18(17)29-19)8-9-16(13)14(2)20(24)28-12-23(3)21(25)26/h4-10,14H,11-12H2,1-3H3,(H,25,26). The first-order chi connectivity index (χ1) is 13.8. The Hall–Kier alpha value is -3.13. The van der Waals surface area contributed by atoms with Crippen LogP contribution in [0.5, 0.6) is 5.75 Å². The number of nitrogens with zero attached hydrogens (tertiary/aromatic N) is 2. The van der Waals surface area contributed by atoms with Crippen molar-refractivity contribution in [3.05, 3.63) is 58.6 Å². The zero-order valence-corrected chi connectivity index (χ0v) is 17.2. The van der Waals surface area contributed by atoms with Crippen LogP contribution in [0.2, 0.25) is 0 Å². The molecule has 0 saturated carbocycles. The van der Waals surface area contributed by atoms with Gasteiger partial charge in [0.25, 0.3) is 0 Å². The van der Waals surface area contributed by atoms with Gasteiger partial charge in [-0.3, -0.25) is 9.69 Å². The van der Waals surface area contributed by atoms with Gasteiger partial charge in [-0.25, -0.2) is 9.78 Å². The monoisotopic (exact) mass is 414 g/mol. The van der Waals surface area contributed by atoms with E-state index in [4.69, 9.17) is 14.6 Å². The molecular weight excluding hydrogens is 392 g/mol. The average Bonchev–Trinajstić information content (AvgIpc) is 3.12. The zero-order valence-electron chi connectivity index (χ0n) is 16.4. The van der Waals surface area contributed by atoms with Gasteiger partial charge in [0.1, 0.15) is 17.4 Å². The Labute approximate surface area is 172 Å². The van der Waals surface area contributed by atoms with E-state index < -0.39 is 18.0 Å². The number of rotatable bonds is 7. The summed E-state index contributed by atoms with van der Waals surface area (Å²) < 4.78 is 12.1. The summed E-state index contributed by atoms with van der Waals surface area (Å²) in [4.78, 5) is 28.5. The van der Waals surface area contributed by atoms with Crippen LogP contribution in [-0.4, -0.2) is 40.8 Å². The molecule has 29 heavy (non-hydrogen) atoms. The summed E-state index contributed by atoms with van der Waals surface area (Å²) in [5, 5.41) is 9.71. The topological polar surface area (TPSA) is 89.0 Å². The van der Waals surface area contributed by atoms with E-state index in [0.717, 1.165) is 31.3 Å². The number of hydrogen-bond donors (Lipinski definition) is 1. The van der Waals surface area contributed by atoms with E-state index >= 15 is 0 Å². The quantitative estimate of drug-likeness (QED) is 0.455. The molecule has 1 aromatic heterocycles. The van der Waals surface area contributed by atoms with E-state index in [9.17, 15) is 9.59 Å². The van der Waals surface area contributed by atoms with E-state index in [0.29, 0.717) is 12.4 Å². The molecule has 1 heterocycles. The molecule has 1 unspecified atom stereocenters. The molecule has 0 spiro atoms. The summed E-state index contributed by atoms with van der Waals surface area (Å²) in [5.74, 6) is -0.309. The van der Waals surface area contributed by atoms with Gasteiger partial charge in [-0.1, -0.05) is 18.2 Å². The van der Waals surface area contributed by atoms with Crippen molar-refractivity contribution >= 4 is 33.6 Å². The number of carbonyl (C=O) groups excluding carboxylic acids is 1. The van der Waals surface area contributed by atoms with Crippen LogP contribution >= 0.6 is 11.3 Å². The van der Waals surface area contributed by atoms with Crippen LogP contribution in [0, 0.1) is 6.92 Å². The second kappa shape index (κ2) is 8.91. The number of fused-ring (bicyclic) bond motifs is 1. The number of carbonyl (C=O) groups is 2. The van der Waals surface area contributed by atoms with Crippen LogP contribution in [-0.2, 0) is 16.1 Å². The molecule has 3 aromatic rings. The summed E-state index contributed by atoms with van der Waals surface area (Å²) in [6.45, 7) is 3.69. The second-order valence-corrected chi connectivity index (χ2v) is 7.79. The minimum atomic E-state index is -1.16. The lowest BCUT2D eigenvalue weighted by Gasteiger charge is -2.18. The molecular formula is C21H22N2O5S. The highest BCUT2D eigenvalue weighted by molar-refractivity contribution is 7.18. The van der Waals surface area contributed by atoms with Crippen LogP contribution in [0.3, 0.4) is 0 Å². The predicted molar refractivity (Wildman–Crippen MR) is 110 cm³/mol. The van der Waals surface area contributed by atoms with Crippen LogP contribution < -0.4 is 4.74 Å². The molecule has 2 aromatic carbocycles. The number of hydrogen-bond acceptors (Lipinski definition) is 6. The molecule has 3 rings (SSSR count). The van der Waals surface area contributed by atoms with Gasteiger partial charge in [-0.05, 0) is 49.2 Å². The van der Waals surface area contributed by atoms with E-state index in [2.05, 4.69) is 4.98 Å². The van der Waals surface area contributed by atoms with Crippen LogP contribution in [0.15, 0.2) is 42.5 Å². The second-order valence-electron chi connectivity index (χ2n) is 6.68. The average molecular weight is 414 g/mol. The molecule has 8 heteroatoms. The van der Waals surface area contributed by atoms with E-state index in [1.807, 2.05) is 49.4 Å². The minimum Gasteiger partial charge on any atom is -0.486 e. The van der Waals surface area contributed by atoms with Crippen LogP contribution in [0.4, 0.5) is 4.79 Å². The van der Waals surface area contributed by atoms with Gasteiger partial charge in [-0.15, -0.1) is 11.3 Å². The number of amides is 1. The maximum Gasteiger partial charge on any atom is 0.409 e. The normalized spacial score (nSPS) is 11.8. The van der Waals surface area contributed by atoms with E-state index in [1.165, 1.54) is 7.05 Å². The molecule has 1 atom stereocenters. The Balaban J connectivity index is 1.61. The number of para-hydroxylation sites is 1. The Morgan fingerprint density at radius 3 is 2.69 bits per heavy atom. The molecule has 0 saturated heterocycles. The molecule has 0 aliphatic carbocycles. The minimum absolute atomic E-state index is 0.305. The SMILES string of the molecule is Cc1cc(OCc2nc3ccccc3s2)ccc1C(C)C(=O)OCN(C)C(=O)O. The van der Waals surface area contributed by atoms with Gasteiger partial charge in [0.05, 0.1) is 16.1 Å². The van der Waals surface area contributed by atoms with Crippen molar-refractivity contribution in [2.45, 2.75) is 26.4 Å². The maximum absolute atomic E-state index is 12.2. The molecule has 0 bridgehead atoms. The maximum atomic E-state index is 12.2. The summed E-state index contributed by atoms with van der Waals surface area (Å²) >= 11 is 1.60. The lowest BCUT2D eigenvalue weighted by atomic mass is 9.96. The Kier molecular flexibility index (Phi) is 6.33. The van der Waals surface area contributed by atoms with Crippen molar-refractivity contribution in [2.24, 2.45) is 0 Å². The predicted octanol–water partition coefficient (Wildman–Crippen LogP) is 4.40. The first-order valence-corrected chi connectivity index (χ1v) is 9.85. The molecule has 0 aliphatic rings. The summed E-state index contributed by atoms with van der Waals surface area (Å²) in [7, 11) is 1.34. The summed E-state index contributed by atoms with van der Waals surface area (Å²) in [6, 6.07) is 13.5. The number of aryl methyl sites for hydroxylation is 1. The Bertz CT molecular complexity index is 1000. The number of benzene rings is 2. The van der Waals surface area contributed by atoms with Gasteiger partial charge in [-0.2, -0.15) is 0 Å². The van der Waals surface area contributed by atoms with E-state index in [-0.39, 0.29) is 6.73 Å². The van der Waals surface area contributed by atoms with Gasteiger partial charge in [0, 0.05) is 7.05 Å². The highest BCUT2D eigenvalue weighted by Gasteiger charge is 2.20.